The van der Waals surface area contributed by atoms with Crippen molar-refractivity contribution in [2.75, 3.05) is 6.54 Å². The van der Waals surface area contributed by atoms with E-state index in [0.717, 1.165) is 37.1 Å². The van der Waals surface area contributed by atoms with Gasteiger partial charge >= 0.3 is 6.18 Å². The van der Waals surface area contributed by atoms with Crippen molar-refractivity contribution >= 4 is 0 Å². The first-order chi connectivity index (χ1) is 13.6. The third-order valence-electron chi connectivity index (χ3n) is 5.18. The molecule has 1 atom stereocenters. The lowest BCUT2D eigenvalue weighted by Crippen LogP contribution is -2.16. The molecule has 0 aliphatic carbocycles. The first kappa shape index (κ1) is 23.5. The van der Waals surface area contributed by atoms with Crippen LogP contribution in [-0.4, -0.2) is 6.54 Å². The van der Waals surface area contributed by atoms with Gasteiger partial charge in [0.2, 0.25) is 0 Å². The third-order valence-corrected chi connectivity index (χ3v) is 5.18. The average molecular weight is 406 g/mol. The molecule has 0 fully saturated rings. The van der Waals surface area contributed by atoms with Crippen molar-refractivity contribution in [2.24, 2.45) is 11.8 Å². The first-order valence-electron chi connectivity index (χ1n) is 10.6. The summed E-state index contributed by atoms with van der Waals surface area (Å²) < 4.78 is 38.7. The maximum atomic E-state index is 12.9. The zero-order chi connectivity index (χ0) is 21.6. The molecule has 0 spiro atoms. The summed E-state index contributed by atoms with van der Waals surface area (Å²) in [5.74, 6) is 1.65. The fourth-order valence-electron chi connectivity index (χ4n) is 3.59. The highest BCUT2D eigenvalue weighted by Crippen LogP contribution is 2.33. The monoisotopic (exact) mass is 405 g/mol. The molecule has 29 heavy (non-hydrogen) atoms. The molecule has 0 saturated carbocycles. The molecular formula is C25H34F3N. The lowest BCUT2D eigenvalue weighted by Gasteiger charge is -2.18. The van der Waals surface area contributed by atoms with Gasteiger partial charge in [0.05, 0.1) is 5.56 Å². The predicted molar refractivity (Wildman–Crippen MR) is 116 cm³/mol. The summed E-state index contributed by atoms with van der Waals surface area (Å²) in [4.78, 5) is 0. The Morgan fingerprint density at radius 2 is 1.48 bits per heavy atom. The molecule has 2 aromatic carbocycles. The molecule has 2 aromatic rings. The van der Waals surface area contributed by atoms with Crippen LogP contribution in [0, 0.1) is 11.8 Å². The van der Waals surface area contributed by atoms with E-state index in [4.69, 9.17) is 0 Å². The summed E-state index contributed by atoms with van der Waals surface area (Å²) in [6.45, 7) is 12.8. The zero-order valence-electron chi connectivity index (χ0n) is 18.2. The standard InChI is InChI=1S/C25H34F3N/c1-17(2)10-11-29-16-20-13-22(19(5)12-18(3)4)15-23(14-20)21-6-8-24(9-7-21)25(26,27)28/h6-9,13-15,17-19,29H,10-12,16H2,1-5H3. The van der Waals surface area contributed by atoms with E-state index in [1.54, 1.807) is 12.1 Å². The Labute approximate surface area is 173 Å². The van der Waals surface area contributed by atoms with Gasteiger partial charge in [-0.05, 0) is 77.6 Å². The molecule has 0 aromatic heterocycles. The molecule has 0 radical (unpaired) electrons. The smallest absolute Gasteiger partial charge is 0.313 e. The highest BCUT2D eigenvalue weighted by Gasteiger charge is 2.30. The van der Waals surface area contributed by atoms with Crippen LogP contribution in [0.1, 0.15) is 70.1 Å². The Balaban J connectivity index is 2.30. The van der Waals surface area contributed by atoms with Crippen molar-refractivity contribution in [1.29, 1.82) is 0 Å². The minimum absolute atomic E-state index is 0.402. The molecule has 0 aliphatic rings. The second kappa shape index (κ2) is 10.3. The SMILES string of the molecule is CC(C)CCNCc1cc(-c2ccc(C(F)(F)F)cc2)cc(C(C)CC(C)C)c1. The molecule has 1 N–H and O–H groups in total. The Bertz CT molecular complexity index is 761. The van der Waals surface area contributed by atoms with Gasteiger partial charge < -0.3 is 5.32 Å². The van der Waals surface area contributed by atoms with E-state index in [2.05, 4.69) is 58.1 Å². The van der Waals surface area contributed by atoms with Gasteiger partial charge in [0.15, 0.2) is 0 Å². The first-order valence-corrected chi connectivity index (χ1v) is 10.6. The molecule has 160 valence electrons. The molecule has 2 rings (SSSR count). The molecule has 0 saturated heterocycles. The van der Waals surface area contributed by atoms with Crippen molar-refractivity contribution in [3.8, 4) is 11.1 Å². The maximum Gasteiger partial charge on any atom is 0.416 e. The van der Waals surface area contributed by atoms with Crippen molar-refractivity contribution < 1.29 is 13.2 Å². The number of hydrogen-bond donors (Lipinski definition) is 1. The molecule has 0 bridgehead atoms. The minimum atomic E-state index is -4.31. The Kier molecular flexibility index (Phi) is 8.33. The van der Waals surface area contributed by atoms with Gasteiger partial charge in [0, 0.05) is 6.54 Å². The van der Waals surface area contributed by atoms with Crippen LogP contribution < -0.4 is 5.32 Å². The van der Waals surface area contributed by atoms with Gasteiger partial charge in [-0.3, -0.25) is 0 Å². The minimum Gasteiger partial charge on any atom is -0.313 e. The van der Waals surface area contributed by atoms with Crippen LogP contribution in [0.5, 0.6) is 0 Å². The van der Waals surface area contributed by atoms with Gasteiger partial charge in [-0.2, -0.15) is 13.2 Å². The summed E-state index contributed by atoms with van der Waals surface area (Å²) in [5, 5.41) is 3.50. The summed E-state index contributed by atoms with van der Waals surface area (Å²) in [6, 6.07) is 11.9. The van der Waals surface area contributed by atoms with Gasteiger partial charge in [-0.15, -0.1) is 0 Å². The normalized spacial score (nSPS) is 13.3. The maximum absolute atomic E-state index is 12.9. The Morgan fingerprint density at radius 3 is 2.03 bits per heavy atom. The quantitative estimate of drug-likeness (QED) is 0.422. The molecule has 1 unspecified atom stereocenters. The van der Waals surface area contributed by atoms with Gasteiger partial charge in [0.25, 0.3) is 0 Å². The van der Waals surface area contributed by atoms with Crippen LogP contribution in [0.2, 0.25) is 0 Å². The molecule has 1 nitrogen and oxygen atoms in total. The lowest BCUT2D eigenvalue weighted by molar-refractivity contribution is -0.137. The molecule has 4 heteroatoms. The summed E-state index contributed by atoms with van der Waals surface area (Å²) in [7, 11) is 0. The van der Waals surface area contributed by atoms with Crippen molar-refractivity contribution in [2.45, 2.75) is 66.1 Å². The molecule has 0 amide bonds. The van der Waals surface area contributed by atoms with Gasteiger partial charge in [-0.25, -0.2) is 0 Å². The number of benzene rings is 2. The van der Waals surface area contributed by atoms with Gasteiger partial charge in [-0.1, -0.05) is 58.9 Å². The largest absolute Gasteiger partial charge is 0.416 e. The zero-order valence-corrected chi connectivity index (χ0v) is 18.2. The summed E-state index contributed by atoms with van der Waals surface area (Å²) in [5.41, 5.74) is 3.61. The van der Waals surface area contributed by atoms with Crippen LogP contribution >= 0.6 is 0 Å². The average Bonchev–Trinajstić information content (AvgIpc) is 2.64. The lowest BCUT2D eigenvalue weighted by atomic mass is 9.88. The van der Waals surface area contributed by atoms with Crippen molar-refractivity contribution in [1.82, 2.24) is 5.32 Å². The topological polar surface area (TPSA) is 12.0 Å². The number of halogens is 3. The van der Waals surface area contributed by atoms with E-state index in [1.807, 2.05) is 0 Å². The van der Waals surface area contributed by atoms with Crippen molar-refractivity contribution in [3.05, 3.63) is 59.2 Å². The van der Waals surface area contributed by atoms with Crippen LogP contribution in [0.25, 0.3) is 11.1 Å². The van der Waals surface area contributed by atoms with E-state index in [-0.39, 0.29) is 0 Å². The molecule has 0 heterocycles. The Morgan fingerprint density at radius 1 is 0.828 bits per heavy atom. The highest BCUT2D eigenvalue weighted by molar-refractivity contribution is 5.66. The van der Waals surface area contributed by atoms with Crippen molar-refractivity contribution in [3.63, 3.8) is 0 Å². The Hall–Kier alpha value is -1.81. The predicted octanol–water partition coefficient (Wildman–Crippen LogP) is 7.66. The van der Waals surface area contributed by atoms with Crippen LogP contribution in [0.15, 0.2) is 42.5 Å². The third kappa shape index (κ3) is 7.50. The van der Waals surface area contributed by atoms with Crippen LogP contribution in [-0.2, 0) is 12.7 Å². The van der Waals surface area contributed by atoms with Gasteiger partial charge in [0.1, 0.15) is 0 Å². The fourth-order valence-corrected chi connectivity index (χ4v) is 3.59. The fraction of sp³-hybridized carbons (Fsp3) is 0.520. The van der Waals surface area contributed by atoms with Crippen LogP contribution in [0.4, 0.5) is 13.2 Å². The number of hydrogen-bond acceptors (Lipinski definition) is 1. The van der Waals surface area contributed by atoms with Crippen LogP contribution in [0.3, 0.4) is 0 Å². The van der Waals surface area contributed by atoms with E-state index < -0.39 is 11.7 Å². The number of rotatable bonds is 9. The van der Waals surface area contributed by atoms with E-state index in [9.17, 15) is 13.2 Å². The van der Waals surface area contributed by atoms with E-state index in [1.165, 1.54) is 23.3 Å². The molecular weight excluding hydrogens is 371 g/mol. The van der Waals surface area contributed by atoms with E-state index >= 15 is 0 Å². The number of nitrogens with one attached hydrogen (secondary N) is 1. The van der Waals surface area contributed by atoms with E-state index in [0.29, 0.717) is 17.8 Å². The summed E-state index contributed by atoms with van der Waals surface area (Å²) in [6.07, 6.45) is -2.11. The highest BCUT2D eigenvalue weighted by atomic mass is 19.4. The second-order valence-electron chi connectivity index (χ2n) is 8.93. The number of alkyl halides is 3. The second-order valence-corrected chi connectivity index (χ2v) is 8.93. The summed E-state index contributed by atoms with van der Waals surface area (Å²) >= 11 is 0. The molecule has 0 aliphatic heterocycles.